The van der Waals surface area contributed by atoms with Crippen LogP contribution in [0.25, 0.3) is 22.5 Å². The lowest BCUT2D eigenvalue weighted by molar-refractivity contribution is -0.158. The van der Waals surface area contributed by atoms with Crippen molar-refractivity contribution in [2.45, 2.75) is 18.9 Å². The quantitative estimate of drug-likeness (QED) is 0.459. The molecule has 1 saturated heterocycles. The average Bonchev–Trinajstić information content (AvgIpc) is 3.52. The summed E-state index contributed by atoms with van der Waals surface area (Å²) in [5, 5.41) is 0. The van der Waals surface area contributed by atoms with Crippen LogP contribution in [0.1, 0.15) is 0 Å². The van der Waals surface area contributed by atoms with Crippen LogP contribution >= 0.6 is 0 Å². The lowest BCUT2D eigenvalue weighted by Gasteiger charge is -2.19. The van der Waals surface area contributed by atoms with Crippen molar-refractivity contribution in [2.24, 2.45) is 0 Å². The van der Waals surface area contributed by atoms with E-state index in [0.717, 1.165) is 0 Å². The van der Waals surface area contributed by atoms with Gasteiger partial charge in [0.1, 0.15) is 5.82 Å². The predicted octanol–water partition coefficient (Wildman–Crippen LogP) is 3.60. The molecule has 0 unspecified atom stereocenters. The van der Waals surface area contributed by atoms with Gasteiger partial charge in [0, 0.05) is 6.20 Å². The average molecular weight is 464 g/mol. The summed E-state index contributed by atoms with van der Waals surface area (Å²) in [5.41, 5.74) is 1.46. The number of rotatable bonds is 4. The van der Waals surface area contributed by atoms with Crippen molar-refractivity contribution in [3.05, 3.63) is 82.8 Å². The van der Waals surface area contributed by atoms with Gasteiger partial charge in [-0.2, -0.15) is 4.98 Å². The number of halogens is 2. The van der Waals surface area contributed by atoms with Crippen LogP contribution in [0.5, 0.6) is 11.8 Å². The van der Waals surface area contributed by atoms with Crippen molar-refractivity contribution >= 4 is 0 Å². The van der Waals surface area contributed by atoms with Gasteiger partial charge >= 0.3 is 6.01 Å². The maximum atomic E-state index is 14.1. The second-order valence-electron chi connectivity index (χ2n) is 8.02. The minimum atomic E-state index is -0.922. The van der Waals surface area contributed by atoms with E-state index in [0.29, 0.717) is 35.7 Å². The summed E-state index contributed by atoms with van der Waals surface area (Å²) in [6.07, 6.45) is 1.47. The molecule has 2 aliphatic rings. The van der Waals surface area contributed by atoms with Gasteiger partial charge < -0.3 is 14.2 Å². The minimum absolute atomic E-state index is 0.0237. The third-order valence-electron chi connectivity index (χ3n) is 5.88. The van der Waals surface area contributed by atoms with E-state index in [1.165, 1.54) is 30.5 Å². The number of aromatic nitrogens is 4. The molecule has 6 rings (SSSR count). The summed E-state index contributed by atoms with van der Waals surface area (Å²) < 4.78 is 48.2. The first-order valence-electron chi connectivity index (χ1n) is 10.7. The van der Waals surface area contributed by atoms with Gasteiger partial charge in [0.05, 0.1) is 43.3 Å². The van der Waals surface area contributed by atoms with Crippen molar-refractivity contribution in [3.8, 4) is 34.3 Å². The van der Waals surface area contributed by atoms with E-state index in [1.807, 2.05) is 0 Å². The maximum absolute atomic E-state index is 14.1. The number of benzene rings is 2. The van der Waals surface area contributed by atoms with Gasteiger partial charge in [0.25, 0.3) is 5.56 Å². The van der Waals surface area contributed by atoms with Crippen LogP contribution in [-0.2, 0) is 22.6 Å². The van der Waals surface area contributed by atoms with E-state index in [1.54, 1.807) is 39.7 Å². The Bertz CT molecular complexity index is 1440. The van der Waals surface area contributed by atoms with Crippen LogP contribution in [0.15, 0.2) is 65.6 Å². The predicted molar refractivity (Wildman–Crippen MR) is 116 cm³/mol. The standard InChI is InChI=1S/C24H18F2N4O4/c25-16-7-5-15(6-8-16)20-21(29-13-24(32-11-12-33-24)14-30(29)22(20)31)18-9-10-27-23(28-18)34-19-4-2-1-3-17(19)26/h1-10H,11-14H2. The van der Waals surface area contributed by atoms with E-state index in [2.05, 4.69) is 9.97 Å². The first-order chi connectivity index (χ1) is 16.5. The van der Waals surface area contributed by atoms with Gasteiger partial charge in [0.2, 0.25) is 5.79 Å². The largest absolute Gasteiger partial charge is 0.421 e. The summed E-state index contributed by atoms with van der Waals surface area (Å²) >= 11 is 0. The fourth-order valence-electron chi connectivity index (χ4n) is 4.38. The molecule has 0 atom stereocenters. The van der Waals surface area contributed by atoms with Crippen molar-refractivity contribution < 1.29 is 23.0 Å². The van der Waals surface area contributed by atoms with Crippen molar-refractivity contribution in [1.29, 1.82) is 0 Å². The molecule has 2 aromatic heterocycles. The smallest absolute Gasteiger partial charge is 0.322 e. The van der Waals surface area contributed by atoms with Crippen LogP contribution in [-0.4, -0.2) is 38.3 Å². The Kier molecular flexibility index (Phi) is 4.78. The van der Waals surface area contributed by atoms with Gasteiger partial charge in [-0.1, -0.05) is 24.3 Å². The van der Waals surface area contributed by atoms with Gasteiger partial charge in [-0.3, -0.25) is 9.48 Å². The van der Waals surface area contributed by atoms with Crippen LogP contribution in [0.2, 0.25) is 0 Å². The third-order valence-corrected chi connectivity index (χ3v) is 5.88. The van der Waals surface area contributed by atoms with E-state index < -0.39 is 17.4 Å². The molecule has 172 valence electrons. The Balaban J connectivity index is 1.49. The fraction of sp³-hybridized carbons (Fsp3) is 0.208. The number of nitrogens with zero attached hydrogens (tertiary/aromatic N) is 4. The van der Waals surface area contributed by atoms with Gasteiger partial charge in [-0.25, -0.2) is 18.4 Å². The first-order valence-corrected chi connectivity index (χ1v) is 10.7. The first kappa shape index (κ1) is 20.7. The maximum Gasteiger partial charge on any atom is 0.322 e. The Labute approximate surface area is 192 Å². The topological polar surface area (TPSA) is 80.4 Å². The van der Waals surface area contributed by atoms with Gasteiger partial charge in [0.15, 0.2) is 11.6 Å². The number of hydrogen-bond donors (Lipinski definition) is 0. The van der Waals surface area contributed by atoms with Crippen LogP contribution < -0.4 is 10.3 Å². The van der Waals surface area contributed by atoms with Crippen LogP contribution in [0, 0.1) is 11.6 Å². The molecule has 0 saturated carbocycles. The van der Waals surface area contributed by atoms with Gasteiger partial charge in [-0.15, -0.1) is 0 Å². The lowest BCUT2D eigenvalue weighted by atomic mass is 10.0. The Morgan fingerprint density at radius 1 is 0.941 bits per heavy atom. The highest BCUT2D eigenvalue weighted by Crippen LogP contribution is 2.37. The molecule has 34 heavy (non-hydrogen) atoms. The van der Waals surface area contributed by atoms with E-state index in [9.17, 15) is 13.6 Å². The molecule has 1 spiro atoms. The monoisotopic (exact) mass is 464 g/mol. The molecular formula is C24H18F2N4O4. The molecule has 10 heteroatoms. The molecule has 0 aliphatic carbocycles. The number of fused-ring (bicyclic) bond motifs is 1. The normalized spacial score (nSPS) is 16.2. The Hall–Kier alpha value is -3.89. The molecule has 0 amide bonds. The Morgan fingerprint density at radius 3 is 2.44 bits per heavy atom. The zero-order valence-corrected chi connectivity index (χ0v) is 17.8. The zero-order chi connectivity index (χ0) is 23.3. The third kappa shape index (κ3) is 3.39. The van der Waals surface area contributed by atoms with Gasteiger partial charge in [-0.05, 0) is 35.9 Å². The summed E-state index contributed by atoms with van der Waals surface area (Å²) in [6.45, 7) is 1.36. The molecule has 0 N–H and O–H groups in total. The Morgan fingerprint density at radius 2 is 1.68 bits per heavy atom. The molecule has 8 nitrogen and oxygen atoms in total. The van der Waals surface area contributed by atoms with Crippen molar-refractivity contribution in [2.75, 3.05) is 13.2 Å². The van der Waals surface area contributed by atoms with Crippen molar-refractivity contribution in [3.63, 3.8) is 0 Å². The van der Waals surface area contributed by atoms with Crippen LogP contribution in [0.3, 0.4) is 0 Å². The number of ether oxygens (including phenoxy) is 3. The fourth-order valence-corrected chi connectivity index (χ4v) is 4.38. The summed E-state index contributed by atoms with van der Waals surface area (Å²) in [5.74, 6) is -1.91. The molecule has 4 heterocycles. The van der Waals surface area contributed by atoms with E-state index in [-0.39, 0.29) is 30.4 Å². The second-order valence-corrected chi connectivity index (χ2v) is 8.02. The number of hydrogen-bond acceptors (Lipinski definition) is 6. The zero-order valence-electron chi connectivity index (χ0n) is 17.8. The van der Waals surface area contributed by atoms with Crippen LogP contribution in [0.4, 0.5) is 8.78 Å². The second kappa shape index (κ2) is 7.86. The molecule has 1 fully saturated rings. The highest BCUT2D eigenvalue weighted by molar-refractivity contribution is 5.79. The van der Waals surface area contributed by atoms with E-state index >= 15 is 0 Å². The van der Waals surface area contributed by atoms with Crippen molar-refractivity contribution in [1.82, 2.24) is 19.3 Å². The molecule has 0 bridgehead atoms. The molecule has 2 aromatic carbocycles. The summed E-state index contributed by atoms with van der Waals surface area (Å²) in [6, 6.07) is 13.1. The molecule has 0 radical (unpaired) electrons. The molecular weight excluding hydrogens is 446 g/mol. The highest BCUT2D eigenvalue weighted by Gasteiger charge is 2.46. The van der Waals surface area contributed by atoms with E-state index in [4.69, 9.17) is 14.2 Å². The molecule has 2 aliphatic heterocycles. The minimum Gasteiger partial charge on any atom is -0.421 e. The highest BCUT2D eigenvalue weighted by atomic mass is 19.1. The SMILES string of the molecule is O=c1c(-c2ccc(F)cc2)c(-c2ccnc(Oc3ccccc3F)n2)n2n1CC1(C2)OCCO1. The summed E-state index contributed by atoms with van der Waals surface area (Å²) in [7, 11) is 0. The number of para-hydroxylation sites is 1. The summed E-state index contributed by atoms with van der Waals surface area (Å²) in [4.78, 5) is 22.1. The lowest BCUT2D eigenvalue weighted by Crippen LogP contribution is -2.34. The molecule has 4 aromatic rings.